The van der Waals surface area contributed by atoms with Crippen molar-refractivity contribution in [2.24, 2.45) is 11.0 Å². The van der Waals surface area contributed by atoms with Crippen LogP contribution in [0.4, 0.5) is 0 Å². The molecule has 3 aliphatic heterocycles. The highest BCUT2D eigenvalue weighted by Gasteiger charge is 2.57. The zero-order valence-corrected chi connectivity index (χ0v) is 29.4. The third kappa shape index (κ3) is 10.2. The van der Waals surface area contributed by atoms with Crippen LogP contribution in [0.15, 0.2) is 35.4 Å². The highest BCUT2D eigenvalue weighted by atomic mass is 35.6. The molecule has 1 aromatic rings. The van der Waals surface area contributed by atoms with Crippen LogP contribution in [-0.2, 0) is 61.8 Å². The Balaban J connectivity index is 1.80. The van der Waals surface area contributed by atoms with E-state index >= 15 is 0 Å². The van der Waals surface area contributed by atoms with Crippen molar-refractivity contribution in [3.05, 3.63) is 46.3 Å². The van der Waals surface area contributed by atoms with Crippen molar-refractivity contribution >= 4 is 64.4 Å². The maximum Gasteiger partial charge on any atom is 0.303 e. The molecular formula is C30H35Cl3N4O13. The molecule has 1 N–H and O–H groups in total. The van der Waals surface area contributed by atoms with Gasteiger partial charge in [-0.1, -0.05) is 70.2 Å². The molecule has 11 atom stereocenters. The van der Waals surface area contributed by atoms with Gasteiger partial charge in [0.2, 0.25) is 12.2 Å². The number of ketones is 1. The molecule has 0 spiro atoms. The number of hydrogen-bond donors (Lipinski definition) is 1. The average Bonchev–Trinajstić information content (AvgIpc) is 3.03. The number of hydrogen-bond acceptors (Lipinski definition) is 15. The van der Waals surface area contributed by atoms with E-state index in [9.17, 15) is 24.7 Å². The minimum absolute atomic E-state index is 0.115. The van der Waals surface area contributed by atoms with Crippen molar-refractivity contribution < 1.29 is 61.8 Å². The third-order valence-corrected chi connectivity index (χ3v) is 8.21. The highest BCUT2D eigenvalue weighted by Crippen LogP contribution is 2.41. The van der Waals surface area contributed by atoms with Gasteiger partial charge in [0, 0.05) is 37.7 Å². The third-order valence-electron chi connectivity index (χ3n) is 7.70. The normalized spacial score (nSPS) is 32.3. The van der Waals surface area contributed by atoms with Gasteiger partial charge >= 0.3 is 17.9 Å². The summed E-state index contributed by atoms with van der Waals surface area (Å²) in [7, 11) is 0. The van der Waals surface area contributed by atoms with Gasteiger partial charge < -0.3 is 47.4 Å². The van der Waals surface area contributed by atoms with Crippen LogP contribution in [0.25, 0.3) is 10.4 Å². The minimum atomic E-state index is -2.33. The second-order valence-electron chi connectivity index (χ2n) is 11.5. The van der Waals surface area contributed by atoms with Gasteiger partial charge in [-0.2, -0.15) is 0 Å². The number of esters is 3. The van der Waals surface area contributed by atoms with Crippen LogP contribution in [0.2, 0.25) is 0 Å². The lowest BCUT2D eigenvalue weighted by atomic mass is 9.86. The molecule has 5 unspecified atom stereocenters. The largest absolute Gasteiger partial charge is 0.463 e. The standard InChI is InChI=1S/C30H35Cl3N4O13/c1-13(38)10-18-22(44-15(3)40)23(45-16(4)41)19(11-42-14(2)39)46-27(18)49-25-21(36-37-35)28(50-29(34)30(31,32)33)47-20-12-43-26(48-24(20)25)17-8-6-5-7-9-17/h5-9,18-28,34H,10-12H2,1-4H3/t18?,19?,20?,21?,22-,23+,24+,25-,26?,27+,28-/m1/s1. The van der Waals surface area contributed by atoms with Crippen molar-refractivity contribution in [2.45, 2.75) is 99.4 Å². The monoisotopic (exact) mass is 764 g/mol. The number of fused-ring (bicyclic) bond motifs is 1. The summed E-state index contributed by atoms with van der Waals surface area (Å²) in [4.78, 5) is 51.9. The lowest BCUT2D eigenvalue weighted by molar-refractivity contribution is -0.367. The lowest BCUT2D eigenvalue weighted by Crippen LogP contribution is -2.66. The fraction of sp³-hybridized carbons (Fsp3) is 0.633. The highest BCUT2D eigenvalue weighted by molar-refractivity contribution is 6.76. The summed E-state index contributed by atoms with van der Waals surface area (Å²) in [6.07, 6.45) is -11.8. The van der Waals surface area contributed by atoms with Crippen LogP contribution in [0.3, 0.4) is 0 Å². The number of rotatable bonds is 11. The number of carbonyl (C=O) groups excluding carboxylic acids is 4. The number of nitrogens with one attached hydrogen (secondary N) is 1. The Labute approximate surface area is 301 Å². The van der Waals surface area contributed by atoms with Crippen LogP contribution in [0, 0.1) is 11.3 Å². The Bertz CT molecular complexity index is 1460. The van der Waals surface area contributed by atoms with Gasteiger partial charge in [0.1, 0.15) is 49.0 Å². The van der Waals surface area contributed by atoms with Crippen LogP contribution in [-0.4, -0.2) is 102 Å². The summed E-state index contributed by atoms with van der Waals surface area (Å²) in [6, 6.07) is 7.39. The molecular weight excluding hydrogens is 731 g/mol. The van der Waals surface area contributed by atoms with Crippen LogP contribution >= 0.6 is 34.8 Å². The zero-order valence-electron chi connectivity index (χ0n) is 27.1. The molecule has 0 saturated carbocycles. The topological polar surface area (TPSA) is 224 Å². The lowest BCUT2D eigenvalue weighted by Gasteiger charge is -2.51. The van der Waals surface area contributed by atoms with E-state index in [1.54, 1.807) is 30.3 Å². The summed E-state index contributed by atoms with van der Waals surface area (Å²) >= 11 is 17.6. The summed E-state index contributed by atoms with van der Waals surface area (Å²) in [6.45, 7) is 4.06. The van der Waals surface area contributed by atoms with Crippen LogP contribution < -0.4 is 0 Å². The van der Waals surface area contributed by atoms with E-state index < -0.39 is 102 Å². The number of nitrogens with zero attached hydrogens (tertiary/aromatic N) is 3. The first-order valence-electron chi connectivity index (χ1n) is 15.2. The Hall–Kier alpha value is -3.25. The molecule has 274 valence electrons. The summed E-state index contributed by atoms with van der Waals surface area (Å²) in [5, 5.41) is 12.0. The molecule has 3 aliphatic rings. The maximum absolute atomic E-state index is 12.6. The second-order valence-corrected chi connectivity index (χ2v) is 13.8. The van der Waals surface area contributed by atoms with Gasteiger partial charge in [-0.3, -0.25) is 19.8 Å². The van der Waals surface area contributed by atoms with E-state index in [1.807, 2.05) is 0 Å². The SMILES string of the molecule is CC(=O)CC1[C@H](O[C@@H]2C(N=[N+]=[N-])[C@@H](OC(=N)C(Cl)(Cl)Cl)OC3COC(c4ccccc4)O[C@@H]32)OC(COC(C)=O)[C@H](OC(C)=O)[C@@H]1OC(C)=O. The van der Waals surface area contributed by atoms with Crippen molar-refractivity contribution in [1.29, 1.82) is 5.41 Å². The van der Waals surface area contributed by atoms with E-state index in [2.05, 4.69) is 10.0 Å². The smallest absolute Gasteiger partial charge is 0.303 e. The molecule has 3 saturated heterocycles. The van der Waals surface area contributed by atoms with Gasteiger partial charge in [0.05, 0.1) is 12.5 Å². The molecule has 0 bridgehead atoms. The van der Waals surface area contributed by atoms with Gasteiger partial charge in [0.25, 0.3) is 3.79 Å². The summed E-state index contributed by atoms with van der Waals surface area (Å²) < 4.78 is 50.5. The first kappa shape index (κ1) is 39.5. The first-order chi connectivity index (χ1) is 23.6. The number of ether oxygens (including phenoxy) is 9. The molecule has 1 aromatic carbocycles. The summed E-state index contributed by atoms with van der Waals surface area (Å²) in [5.41, 5.74) is 10.3. The molecule has 0 amide bonds. The Kier molecular flexibility index (Phi) is 13.7. The first-order valence-corrected chi connectivity index (χ1v) is 16.3. The van der Waals surface area contributed by atoms with Crippen LogP contribution in [0.5, 0.6) is 0 Å². The molecule has 0 radical (unpaired) electrons. The fourth-order valence-corrected chi connectivity index (χ4v) is 5.90. The van der Waals surface area contributed by atoms with E-state index in [1.165, 1.54) is 6.92 Å². The molecule has 3 fully saturated rings. The second kappa shape index (κ2) is 17.3. The van der Waals surface area contributed by atoms with E-state index in [4.69, 9.17) is 82.8 Å². The van der Waals surface area contributed by atoms with Gasteiger partial charge in [-0.15, -0.1) is 0 Å². The van der Waals surface area contributed by atoms with E-state index in [-0.39, 0.29) is 18.8 Å². The predicted octanol–water partition coefficient (Wildman–Crippen LogP) is 4.00. The van der Waals surface area contributed by atoms with Crippen molar-refractivity contribution in [3.8, 4) is 0 Å². The van der Waals surface area contributed by atoms with Crippen molar-refractivity contribution in [3.63, 3.8) is 0 Å². The molecule has 50 heavy (non-hydrogen) atoms. The molecule has 0 aliphatic carbocycles. The molecule has 0 aromatic heterocycles. The van der Waals surface area contributed by atoms with Crippen molar-refractivity contribution in [2.75, 3.05) is 13.2 Å². The average molecular weight is 766 g/mol. The summed E-state index contributed by atoms with van der Waals surface area (Å²) in [5.74, 6) is -4.67. The molecule has 20 heteroatoms. The number of alkyl halides is 3. The number of halogens is 3. The number of benzene rings is 1. The minimum Gasteiger partial charge on any atom is -0.463 e. The van der Waals surface area contributed by atoms with E-state index in [0.29, 0.717) is 5.56 Å². The van der Waals surface area contributed by atoms with E-state index in [0.717, 1.165) is 20.8 Å². The molecule has 4 rings (SSSR count). The van der Waals surface area contributed by atoms with Gasteiger partial charge in [-0.05, 0) is 12.5 Å². The fourth-order valence-electron chi connectivity index (χ4n) is 5.76. The molecule has 17 nitrogen and oxygen atoms in total. The van der Waals surface area contributed by atoms with Gasteiger partial charge in [-0.25, -0.2) is 0 Å². The van der Waals surface area contributed by atoms with Crippen LogP contribution in [0.1, 0.15) is 46.0 Å². The predicted molar refractivity (Wildman–Crippen MR) is 171 cm³/mol. The Morgan fingerprint density at radius 1 is 0.920 bits per heavy atom. The zero-order chi connectivity index (χ0) is 36.7. The Morgan fingerprint density at radius 3 is 2.16 bits per heavy atom. The quantitative estimate of drug-likeness (QED) is 0.0492. The Morgan fingerprint density at radius 2 is 1.58 bits per heavy atom. The number of Topliss-reactive ketones (excluding diaryl/α,β-unsaturated/α-hetero) is 1. The number of carbonyl (C=O) groups is 4. The molecule has 3 heterocycles. The van der Waals surface area contributed by atoms with Gasteiger partial charge in [0.15, 0.2) is 18.7 Å². The van der Waals surface area contributed by atoms with Crippen molar-refractivity contribution in [1.82, 2.24) is 0 Å². The maximum atomic E-state index is 12.6. The number of azide groups is 1.